The first-order chi connectivity index (χ1) is 2.27. The van der Waals surface area contributed by atoms with Crippen LogP contribution in [0.15, 0.2) is 0 Å². The van der Waals surface area contributed by atoms with E-state index in [0.717, 1.165) is 4.18 Å². The van der Waals surface area contributed by atoms with E-state index in [4.69, 9.17) is 17.2 Å². The monoisotopic (exact) mass is 214 g/mol. The molecule has 0 aromatic heterocycles. The van der Waals surface area contributed by atoms with Crippen LogP contribution in [-0.2, 0) is 0 Å². The second kappa shape index (κ2) is 3.63. The van der Waals surface area contributed by atoms with Gasteiger partial charge in [-0.2, -0.15) is 0 Å². The molecule has 0 saturated carbocycles. The van der Waals surface area contributed by atoms with Crippen LogP contribution in [0.2, 0.25) is 4.18 Å². The van der Waals surface area contributed by atoms with Gasteiger partial charge in [-0.3, -0.25) is 0 Å². The third kappa shape index (κ3) is 5.45. The van der Waals surface area contributed by atoms with Gasteiger partial charge in [-0.05, 0) is 0 Å². The Bertz CT molecular complexity index is 21.6. The summed E-state index contributed by atoms with van der Waals surface area (Å²) in [5, 5.41) is 0. The number of hydrogen-bond donors (Lipinski definition) is 0. The first-order valence-corrected chi connectivity index (χ1v) is 12.2. The van der Waals surface area contributed by atoms with Crippen molar-refractivity contribution >= 4 is 36.2 Å². The zero-order chi connectivity index (χ0) is 4.28. The molecule has 0 aromatic carbocycles. The molecule has 3 heteroatoms. The van der Waals surface area contributed by atoms with Crippen molar-refractivity contribution in [2.24, 2.45) is 0 Å². The summed E-state index contributed by atoms with van der Waals surface area (Å²) in [7, 11) is 10.9. The average Bonchev–Trinajstić information content (AvgIpc) is 1.38. The van der Waals surface area contributed by atoms with Crippen molar-refractivity contribution in [3.8, 4) is 0 Å². The van der Waals surface area contributed by atoms with Crippen molar-refractivity contribution in [2.75, 3.05) is 0 Å². The Labute approximate surface area is 47.1 Å². The third-order valence-electron chi connectivity index (χ3n) is 0.309. The van der Waals surface area contributed by atoms with Gasteiger partial charge in [0.05, 0.1) is 0 Å². The molecule has 0 aliphatic carbocycles. The van der Waals surface area contributed by atoms with Gasteiger partial charge in [-0.15, -0.1) is 0 Å². The molecular formula is C2H5Cl2In. The van der Waals surface area contributed by atoms with Crippen molar-refractivity contribution in [1.29, 1.82) is 0 Å². The van der Waals surface area contributed by atoms with Gasteiger partial charge in [-0.25, -0.2) is 0 Å². The van der Waals surface area contributed by atoms with Crippen LogP contribution >= 0.6 is 17.2 Å². The number of halogens is 2. The van der Waals surface area contributed by atoms with Crippen molar-refractivity contribution in [3.63, 3.8) is 0 Å². The zero-order valence-corrected chi connectivity index (χ0v) is 7.85. The summed E-state index contributed by atoms with van der Waals surface area (Å²) < 4.78 is 1.05. The molecule has 0 unspecified atom stereocenters. The van der Waals surface area contributed by atoms with E-state index < -0.39 is 19.1 Å². The Morgan fingerprint density at radius 2 is 1.80 bits per heavy atom. The van der Waals surface area contributed by atoms with Gasteiger partial charge in [0.15, 0.2) is 0 Å². The van der Waals surface area contributed by atoms with Gasteiger partial charge >= 0.3 is 47.3 Å². The normalized spacial score (nSPS) is 7.80. The second-order valence-corrected chi connectivity index (χ2v) is 13.9. The van der Waals surface area contributed by atoms with Crippen molar-refractivity contribution in [3.05, 3.63) is 0 Å². The fourth-order valence-corrected chi connectivity index (χ4v) is 0. The third-order valence-corrected chi connectivity index (χ3v) is 6.21. The Morgan fingerprint density at radius 3 is 1.80 bits per heavy atom. The molecule has 30 valence electrons. The topological polar surface area (TPSA) is 0 Å². The van der Waals surface area contributed by atoms with E-state index in [1.54, 1.807) is 0 Å². The molecule has 0 atom stereocenters. The van der Waals surface area contributed by atoms with E-state index in [9.17, 15) is 0 Å². The average molecular weight is 215 g/mol. The van der Waals surface area contributed by atoms with E-state index in [1.165, 1.54) is 0 Å². The van der Waals surface area contributed by atoms with Crippen LogP contribution in [0.25, 0.3) is 0 Å². The Hall–Kier alpha value is 1.45. The van der Waals surface area contributed by atoms with E-state index in [0.29, 0.717) is 0 Å². The minimum absolute atomic E-state index is 1.05. The Kier molecular flexibility index (Phi) is 4.69. The summed E-state index contributed by atoms with van der Waals surface area (Å²) in [5.74, 6) is 0. The summed E-state index contributed by atoms with van der Waals surface area (Å²) in [6, 6.07) is 0. The Balaban J connectivity index is 2.54. The molecule has 5 heavy (non-hydrogen) atoms. The van der Waals surface area contributed by atoms with Crippen LogP contribution in [0.1, 0.15) is 6.92 Å². The molecule has 0 nitrogen and oxygen atoms in total. The number of rotatable bonds is 1. The number of hydrogen-bond acceptors (Lipinski definition) is 0. The minimum atomic E-state index is -1.73. The molecule has 0 spiro atoms. The fourth-order valence-electron chi connectivity index (χ4n) is 0. The molecule has 0 amide bonds. The van der Waals surface area contributed by atoms with E-state index in [1.807, 2.05) is 6.92 Å². The molecule has 0 N–H and O–H groups in total. The van der Waals surface area contributed by atoms with Crippen molar-refractivity contribution < 1.29 is 0 Å². The summed E-state index contributed by atoms with van der Waals surface area (Å²) in [5.41, 5.74) is 0. The van der Waals surface area contributed by atoms with Gasteiger partial charge in [-0.1, -0.05) is 0 Å². The van der Waals surface area contributed by atoms with E-state index in [-0.39, 0.29) is 0 Å². The molecule has 0 aliphatic rings. The van der Waals surface area contributed by atoms with Gasteiger partial charge in [0, 0.05) is 0 Å². The summed E-state index contributed by atoms with van der Waals surface area (Å²) in [6.45, 7) is 2.03. The predicted molar refractivity (Wildman–Crippen MR) is 27.9 cm³/mol. The molecule has 0 radical (unpaired) electrons. The quantitative estimate of drug-likeness (QED) is 0.626. The van der Waals surface area contributed by atoms with Gasteiger partial charge in [0.25, 0.3) is 0 Å². The standard InChI is InChI=1S/C2H5.2ClH.In/c1-2;;;/h1H2,2H3;2*1H;/q;;;+2/p-2. The van der Waals surface area contributed by atoms with Crippen LogP contribution in [0.4, 0.5) is 0 Å². The molecule has 0 bridgehead atoms. The van der Waals surface area contributed by atoms with Crippen LogP contribution < -0.4 is 0 Å². The maximum absolute atomic E-state index is 5.44. The molecular weight excluding hydrogens is 210 g/mol. The SMILES string of the molecule is C[CH2][In]([Cl])[Cl]. The first-order valence-electron chi connectivity index (χ1n) is 1.55. The van der Waals surface area contributed by atoms with Crippen LogP contribution in [0.3, 0.4) is 0 Å². The van der Waals surface area contributed by atoms with E-state index >= 15 is 0 Å². The zero-order valence-electron chi connectivity index (χ0n) is 3.04. The maximum atomic E-state index is 5.44. The molecule has 0 aromatic rings. The van der Waals surface area contributed by atoms with Gasteiger partial charge < -0.3 is 0 Å². The van der Waals surface area contributed by atoms with Gasteiger partial charge in [0.1, 0.15) is 0 Å². The fraction of sp³-hybridized carbons (Fsp3) is 1.00. The molecule has 0 fully saturated rings. The molecule has 0 heterocycles. The summed E-state index contributed by atoms with van der Waals surface area (Å²) in [4.78, 5) is 0. The summed E-state index contributed by atoms with van der Waals surface area (Å²) in [6.07, 6.45) is 0. The van der Waals surface area contributed by atoms with Crippen molar-refractivity contribution in [1.82, 2.24) is 0 Å². The van der Waals surface area contributed by atoms with E-state index in [2.05, 4.69) is 0 Å². The Morgan fingerprint density at radius 1 is 1.60 bits per heavy atom. The predicted octanol–water partition coefficient (Wildman–Crippen LogP) is 1.97. The summed E-state index contributed by atoms with van der Waals surface area (Å²) >= 11 is -1.73. The second-order valence-electron chi connectivity index (χ2n) is 0.799. The van der Waals surface area contributed by atoms with Gasteiger partial charge in [0.2, 0.25) is 0 Å². The molecule has 0 aliphatic heterocycles. The van der Waals surface area contributed by atoms with Crippen LogP contribution in [0.5, 0.6) is 0 Å². The van der Waals surface area contributed by atoms with Crippen LogP contribution in [0, 0.1) is 0 Å². The van der Waals surface area contributed by atoms with Crippen molar-refractivity contribution in [2.45, 2.75) is 11.1 Å². The van der Waals surface area contributed by atoms with Crippen LogP contribution in [-0.4, -0.2) is 19.1 Å². The molecule has 0 rings (SSSR count). The first kappa shape index (κ1) is 6.45. The molecule has 0 saturated heterocycles.